The van der Waals surface area contributed by atoms with Crippen molar-refractivity contribution in [2.45, 2.75) is 64.0 Å². The molecule has 1 aliphatic heterocycles. The van der Waals surface area contributed by atoms with Crippen molar-refractivity contribution in [2.75, 3.05) is 12.0 Å². The smallest absolute Gasteiger partial charge is 0.262 e. The third kappa shape index (κ3) is 3.51. The molecule has 3 amide bonds. The van der Waals surface area contributed by atoms with Crippen LogP contribution in [0.3, 0.4) is 0 Å². The summed E-state index contributed by atoms with van der Waals surface area (Å²) in [5.74, 6) is 2.30. The molecule has 0 aromatic heterocycles. The monoisotopic (exact) mass is 440 g/mol. The van der Waals surface area contributed by atoms with Crippen molar-refractivity contribution in [2.24, 2.45) is 23.2 Å². The van der Waals surface area contributed by atoms with Gasteiger partial charge in [-0.15, -0.1) is 0 Å². The summed E-state index contributed by atoms with van der Waals surface area (Å²) in [6, 6.07) is 6.20. The molecule has 1 N–H and O–H groups in total. The van der Waals surface area contributed by atoms with Crippen molar-refractivity contribution in [3.8, 4) is 0 Å². The van der Waals surface area contributed by atoms with Crippen molar-refractivity contribution in [3.05, 3.63) is 35.4 Å². The van der Waals surface area contributed by atoms with Crippen molar-refractivity contribution in [1.29, 1.82) is 0 Å². The van der Waals surface area contributed by atoms with Gasteiger partial charge in [0.15, 0.2) is 0 Å². The highest BCUT2D eigenvalue weighted by atomic mass is 32.2. The summed E-state index contributed by atoms with van der Waals surface area (Å²) in [5, 5.41) is 3.30. The van der Waals surface area contributed by atoms with E-state index in [-0.39, 0.29) is 29.2 Å². The van der Waals surface area contributed by atoms with Gasteiger partial charge in [0.05, 0.1) is 11.1 Å². The van der Waals surface area contributed by atoms with E-state index < -0.39 is 6.04 Å². The molecule has 4 aliphatic carbocycles. The summed E-state index contributed by atoms with van der Waals surface area (Å²) in [6.45, 7) is 2.15. The quantitative estimate of drug-likeness (QED) is 0.648. The molecule has 4 saturated carbocycles. The summed E-state index contributed by atoms with van der Waals surface area (Å²) < 4.78 is 0. The number of nitrogens with one attached hydrogen (secondary N) is 1. The molecule has 31 heavy (non-hydrogen) atoms. The lowest BCUT2D eigenvalue weighted by Gasteiger charge is -2.59. The number of hydrogen-bond donors (Lipinski definition) is 1. The van der Waals surface area contributed by atoms with Gasteiger partial charge < -0.3 is 5.32 Å². The standard InChI is InChI=1S/C25H32N2O3S/c1-15(25-12-16-9-17(13-25)11-18(10-16)14-25)26-22(28)21(7-8-31-2)27-23(29)19-5-3-4-6-20(19)24(27)30/h3-6,15-18,21H,7-14H2,1-2H3,(H,26,28). The van der Waals surface area contributed by atoms with Gasteiger partial charge in [-0.05, 0) is 99.2 Å². The van der Waals surface area contributed by atoms with Crippen molar-refractivity contribution < 1.29 is 14.4 Å². The molecule has 0 spiro atoms. The summed E-state index contributed by atoms with van der Waals surface area (Å²) >= 11 is 1.63. The average Bonchev–Trinajstić information content (AvgIpc) is 2.98. The number of carbonyl (C=O) groups excluding carboxylic acids is 3. The zero-order valence-corrected chi connectivity index (χ0v) is 19.2. The number of nitrogens with zero attached hydrogens (tertiary/aromatic N) is 1. The predicted octanol–water partition coefficient (Wildman–Crippen LogP) is 4.13. The van der Waals surface area contributed by atoms with Gasteiger partial charge >= 0.3 is 0 Å². The Bertz CT molecular complexity index is 843. The highest BCUT2D eigenvalue weighted by Crippen LogP contribution is 2.61. The maximum absolute atomic E-state index is 13.5. The lowest BCUT2D eigenvalue weighted by atomic mass is 9.48. The highest BCUT2D eigenvalue weighted by Gasteiger charge is 2.54. The molecule has 2 unspecified atom stereocenters. The summed E-state index contributed by atoms with van der Waals surface area (Å²) in [4.78, 5) is 40.8. The van der Waals surface area contributed by atoms with Crippen LogP contribution >= 0.6 is 11.8 Å². The Morgan fingerprint density at radius 2 is 1.58 bits per heavy atom. The Balaban J connectivity index is 1.35. The van der Waals surface area contributed by atoms with E-state index in [4.69, 9.17) is 0 Å². The van der Waals surface area contributed by atoms with Gasteiger partial charge in [0, 0.05) is 6.04 Å². The second kappa shape index (κ2) is 7.95. The van der Waals surface area contributed by atoms with Crippen LogP contribution in [0.1, 0.15) is 72.6 Å². The third-order valence-electron chi connectivity index (χ3n) is 8.40. The van der Waals surface area contributed by atoms with Crippen LogP contribution in [-0.2, 0) is 4.79 Å². The summed E-state index contributed by atoms with van der Waals surface area (Å²) in [5.41, 5.74) is 1.00. The highest BCUT2D eigenvalue weighted by molar-refractivity contribution is 7.98. The molecule has 4 fully saturated rings. The van der Waals surface area contributed by atoms with Gasteiger partial charge in [-0.2, -0.15) is 11.8 Å². The Kier molecular flexibility index (Phi) is 5.40. The Hall–Kier alpha value is -1.82. The molecule has 5 nitrogen and oxygen atoms in total. The van der Waals surface area contributed by atoms with Crippen LogP contribution in [0.4, 0.5) is 0 Å². The molecular weight excluding hydrogens is 408 g/mol. The molecule has 6 heteroatoms. The van der Waals surface area contributed by atoms with Crippen LogP contribution in [-0.4, -0.2) is 46.7 Å². The van der Waals surface area contributed by atoms with Crippen molar-refractivity contribution in [3.63, 3.8) is 0 Å². The summed E-state index contributed by atoms with van der Waals surface area (Å²) in [6.07, 6.45) is 10.2. The number of fused-ring (bicyclic) bond motifs is 1. The van der Waals surface area contributed by atoms with E-state index in [2.05, 4.69) is 12.2 Å². The molecular formula is C25H32N2O3S. The number of imide groups is 1. The van der Waals surface area contributed by atoms with Crippen LogP contribution in [0.15, 0.2) is 24.3 Å². The minimum Gasteiger partial charge on any atom is -0.351 e. The number of rotatable bonds is 7. The van der Waals surface area contributed by atoms with Gasteiger partial charge in [0.1, 0.15) is 6.04 Å². The van der Waals surface area contributed by atoms with E-state index in [1.807, 2.05) is 6.26 Å². The minimum absolute atomic E-state index is 0.0698. The van der Waals surface area contributed by atoms with E-state index in [1.54, 1.807) is 36.0 Å². The molecule has 1 aromatic rings. The van der Waals surface area contributed by atoms with Crippen LogP contribution in [0.25, 0.3) is 0 Å². The molecule has 6 rings (SSSR count). The van der Waals surface area contributed by atoms with Gasteiger partial charge in [0.25, 0.3) is 11.8 Å². The molecule has 0 radical (unpaired) electrons. The minimum atomic E-state index is -0.754. The fraction of sp³-hybridized carbons (Fsp3) is 0.640. The fourth-order valence-electron chi connectivity index (χ4n) is 7.27. The van der Waals surface area contributed by atoms with Gasteiger partial charge in [-0.1, -0.05) is 12.1 Å². The zero-order valence-electron chi connectivity index (χ0n) is 18.4. The maximum atomic E-state index is 13.5. The number of hydrogen-bond acceptors (Lipinski definition) is 4. The lowest BCUT2D eigenvalue weighted by Crippen LogP contribution is -2.59. The van der Waals surface area contributed by atoms with Crippen LogP contribution in [0, 0.1) is 23.2 Å². The molecule has 4 bridgehead atoms. The first-order valence-corrected chi connectivity index (χ1v) is 13.1. The molecule has 1 heterocycles. The van der Waals surface area contributed by atoms with E-state index in [0.717, 1.165) is 23.5 Å². The Morgan fingerprint density at radius 1 is 1.06 bits per heavy atom. The number of thioether (sulfide) groups is 1. The van der Waals surface area contributed by atoms with Crippen molar-refractivity contribution in [1.82, 2.24) is 10.2 Å². The summed E-state index contributed by atoms with van der Waals surface area (Å²) in [7, 11) is 0. The SMILES string of the molecule is CSCCC(C(=O)NC(C)C12CC3CC(CC(C3)C1)C2)N1C(=O)c2ccccc2C1=O. The van der Waals surface area contributed by atoms with Gasteiger partial charge in [-0.25, -0.2) is 0 Å². The largest absolute Gasteiger partial charge is 0.351 e. The second-order valence-corrected chi connectivity index (χ2v) is 11.3. The third-order valence-corrected chi connectivity index (χ3v) is 9.04. The molecule has 2 atom stereocenters. The predicted molar refractivity (Wildman–Crippen MR) is 122 cm³/mol. The number of carbonyl (C=O) groups is 3. The molecule has 1 aromatic carbocycles. The van der Waals surface area contributed by atoms with E-state index in [1.165, 1.54) is 43.4 Å². The Labute approximate surface area is 188 Å². The Morgan fingerprint density at radius 3 is 2.06 bits per heavy atom. The zero-order chi connectivity index (χ0) is 21.8. The maximum Gasteiger partial charge on any atom is 0.262 e. The first-order valence-electron chi connectivity index (χ1n) is 11.7. The van der Waals surface area contributed by atoms with E-state index in [0.29, 0.717) is 17.5 Å². The molecule has 5 aliphatic rings. The number of benzene rings is 1. The first-order chi connectivity index (χ1) is 14.9. The van der Waals surface area contributed by atoms with E-state index >= 15 is 0 Å². The normalized spacial score (nSPS) is 32.8. The lowest BCUT2D eigenvalue weighted by molar-refractivity contribution is -0.129. The van der Waals surface area contributed by atoms with E-state index in [9.17, 15) is 14.4 Å². The van der Waals surface area contributed by atoms with Gasteiger partial charge in [0.2, 0.25) is 5.91 Å². The fourth-order valence-corrected chi connectivity index (χ4v) is 7.73. The number of amides is 3. The van der Waals surface area contributed by atoms with Crippen molar-refractivity contribution >= 4 is 29.5 Å². The van der Waals surface area contributed by atoms with Gasteiger partial charge in [-0.3, -0.25) is 19.3 Å². The topological polar surface area (TPSA) is 66.5 Å². The average molecular weight is 441 g/mol. The first kappa shape index (κ1) is 21.0. The van der Waals surface area contributed by atoms with Crippen LogP contribution < -0.4 is 5.32 Å². The molecule has 0 saturated heterocycles. The second-order valence-electron chi connectivity index (χ2n) is 10.3. The van der Waals surface area contributed by atoms with Crippen LogP contribution in [0.2, 0.25) is 0 Å². The molecule has 166 valence electrons. The van der Waals surface area contributed by atoms with Crippen LogP contribution in [0.5, 0.6) is 0 Å².